The zero-order chi connectivity index (χ0) is 62.7. The van der Waals surface area contributed by atoms with Crippen LogP contribution in [-0.4, -0.2) is 6.61 Å². The summed E-state index contributed by atoms with van der Waals surface area (Å²) < 4.78 is 12.9. The Balaban J connectivity index is 1.02. The lowest BCUT2D eigenvalue weighted by Gasteiger charge is -2.34. The van der Waals surface area contributed by atoms with E-state index >= 15 is 0 Å². The Bertz CT molecular complexity index is 3500. The lowest BCUT2D eigenvalue weighted by molar-refractivity contribution is 0.255. The summed E-state index contributed by atoms with van der Waals surface area (Å²) in [5.41, 5.74) is 26.0. The van der Waals surface area contributed by atoms with Gasteiger partial charge in [0.05, 0.1) is 6.61 Å². The van der Waals surface area contributed by atoms with E-state index in [-0.39, 0.29) is 16.2 Å². The molecule has 2 nitrogen and oxygen atoms in total. The molecule has 6 aromatic carbocycles. The molecule has 1 atom stereocenters. The Morgan fingerprint density at radius 1 is 0.344 bits per heavy atom. The van der Waals surface area contributed by atoms with Crippen LogP contribution in [-0.2, 0) is 21.0 Å². The van der Waals surface area contributed by atoms with Gasteiger partial charge in [-0.1, -0.05) is 282 Å². The van der Waals surface area contributed by atoms with E-state index in [1.807, 2.05) is 0 Å². The molecule has 11 rings (SSSR count). The third-order valence-electron chi connectivity index (χ3n) is 22.4. The summed E-state index contributed by atoms with van der Waals surface area (Å²) in [5.74, 6) is 4.20. The minimum absolute atomic E-state index is 0.0352. The van der Waals surface area contributed by atoms with Crippen molar-refractivity contribution in [1.82, 2.24) is 0 Å². The summed E-state index contributed by atoms with van der Waals surface area (Å²) in [5, 5.41) is 0. The van der Waals surface area contributed by atoms with E-state index < -0.39 is 0 Å². The summed E-state index contributed by atoms with van der Waals surface area (Å²) in [4.78, 5) is 0. The molecule has 4 aliphatic rings. The third-order valence-corrected chi connectivity index (χ3v) is 22.4. The monoisotopic (exact) mass is 1200 g/mol. The Hall–Kier alpha value is -5.86. The first-order valence-electron chi connectivity index (χ1n) is 37.4. The van der Waals surface area contributed by atoms with Gasteiger partial charge in [-0.25, -0.2) is 0 Å². The van der Waals surface area contributed by atoms with Crippen LogP contribution < -0.4 is 0 Å². The maximum atomic E-state index is 6.58. The normalized spacial score (nSPS) is 16.0. The van der Waals surface area contributed by atoms with Crippen LogP contribution in [0.25, 0.3) is 72.7 Å². The standard InChI is InChI=1S/C88H114O2/c1-10-16-22-28-48-86(49-29-23-17-11-2)78-56-66(68-37-43-74-76-45-39-70(84-47-34-64(9)90-84)60-82(76)87(80(74)58-68,50-30-24-18-12-3)51-31-25-19-13-4)35-41-72(78)73-42-36-67(57-79(73)86)69-38-44-75-77-46-40-71(85-55-65(62-89-85)54-63(7)8)61-83(77)88(81(75)59-69,52-32-26-20-14-5)53-33-27-21-15-6/h34-47,55-61,63,65H,10-33,48-54,62H2,1-9H3. The van der Waals surface area contributed by atoms with Crippen molar-refractivity contribution >= 4 is 5.76 Å². The van der Waals surface area contributed by atoms with E-state index in [0.29, 0.717) is 11.8 Å². The zero-order valence-corrected chi connectivity index (χ0v) is 57.7. The number of hydrogen-bond acceptors (Lipinski definition) is 2. The van der Waals surface area contributed by atoms with Crippen LogP contribution in [0.1, 0.15) is 299 Å². The molecule has 0 saturated carbocycles. The van der Waals surface area contributed by atoms with E-state index in [1.165, 1.54) is 271 Å². The Kier molecular flexibility index (Phi) is 22.1. The minimum atomic E-state index is -0.0646. The number of fused-ring (bicyclic) bond motifs is 9. The van der Waals surface area contributed by atoms with E-state index in [0.717, 1.165) is 23.9 Å². The van der Waals surface area contributed by atoms with Gasteiger partial charge in [0.1, 0.15) is 17.3 Å². The predicted molar refractivity (Wildman–Crippen MR) is 388 cm³/mol. The van der Waals surface area contributed by atoms with Gasteiger partial charge >= 0.3 is 0 Å². The highest BCUT2D eigenvalue weighted by atomic mass is 16.5. The predicted octanol–water partition coefficient (Wildman–Crippen LogP) is 27.2. The Morgan fingerprint density at radius 2 is 0.633 bits per heavy atom. The van der Waals surface area contributed by atoms with Crippen LogP contribution in [0.3, 0.4) is 0 Å². The molecule has 7 aromatic rings. The van der Waals surface area contributed by atoms with Gasteiger partial charge in [0.25, 0.3) is 0 Å². The second-order valence-corrected chi connectivity index (χ2v) is 29.3. The highest BCUT2D eigenvalue weighted by Gasteiger charge is 2.46. The molecule has 0 spiro atoms. The zero-order valence-electron chi connectivity index (χ0n) is 57.7. The molecule has 0 bridgehead atoms. The van der Waals surface area contributed by atoms with Gasteiger partial charge in [-0.15, -0.1) is 0 Å². The van der Waals surface area contributed by atoms with Crippen LogP contribution in [0.2, 0.25) is 0 Å². The van der Waals surface area contributed by atoms with Crippen molar-refractivity contribution in [2.75, 3.05) is 6.61 Å². The van der Waals surface area contributed by atoms with Crippen LogP contribution in [0, 0.1) is 18.8 Å². The molecule has 0 N–H and O–H groups in total. The number of furan rings is 1. The lowest BCUT2D eigenvalue weighted by atomic mass is 9.69. The SMILES string of the molecule is CCCCCCC1(CCCCCC)c2cc(C3=CC(CC(C)C)CO3)ccc2-c2ccc(-c3ccc4c(c3)C(CCCCCC)(CCCCCC)c3cc(-c5ccc6c(c5)C(CCCCCC)(CCCCCC)c5cc(-c7ccc(C)o7)ccc5-6)ccc3-4)cc21. The highest BCUT2D eigenvalue weighted by Crippen LogP contribution is 2.60. The van der Waals surface area contributed by atoms with Gasteiger partial charge in [0, 0.05) is 33.3 Å². The summed E-state index contributed by atoms with van der Waals surface area (Å²) in [6, 6.07) is 50.2. The van der Waals surface area contributed by atoms with Crippen molar-refractivity contribution in [3.05, 3.63) is 172 Å². The van der Waals surface area contributed by atoms with Crippen molar-refractivity contribution in [3.63, 3.8) is 0 Å². The van der Waals surface area contributed by atoms with Crippen molar-refractivity contribution in [3.8, 4) is 67.0 Å². The van der Waals surface area contributed by atoms with Gasteiger partial charge in [-0.05, 0) is 201 Å². The van der Waals surface area contributed by atoms with Crippen LogP contribution >= 0.6 is 0 Å². The molecule has 0 saturated heterocycles. The maximum absolute atomic E-state index is 6.58. The topological polar surface area (TPSA) is 22.4 Å². The molecule has 2 heteroatoms. The second-order valence-electron chi connectivity index (χ2n) is 29.3. The average Bonchev–Trinajstić information content (AvgIpc) is 1.58. The molecular formula is C88H114O2. The molecule has 90 heavy (non-hydrogen) atoms. The smallest absolute Gasteiger partial charge is 0.134 e. The maximum Gasteiger partial charge on any atom is 0.134 e. The number of hydrogen-bond donors (Lipinski definition) is 0. The molecule has 0 radical (unpaired) electrons. The highest BCUT2D eigenvalue weighted by molar-refractivity contribution is 5.90. The summed E-state index contributed by atoms with van der Waals surface area (Å²) >= 11 is 0. The number of benzene rings is 6. The first-order valence-corrected chi connectivity index (χ1v) is 37.4. The molecule has 0 amide bonds. The summed E-state index contributed by atoms with van der Waals surface area (Å²) in [7, 11) is 0. The molecule has 1 aromatic heterocycles. The fraction of sp³-hybridized carbons (Fsp3) is 0.523. The van der Waals surface area contributed by atoms with Crippen molar-refractivity contribution < 1.29 is 9.15 Å². The average molecular weight is 1200 g/mol. The molecule has 3 aliphatic carbocycles. The molecule has 0 fully saturated rings. The van der Waals surface area contributed by atoms with E-state index in [4.69, 9.17) is 9.15 Å². The Labute approximate surface area is 546 Å². The van der Waals surface area contributed by atoms with Crippen LogP contribution in [0.5, 0.6) is 0 Å². The van der Waals surface area contributed by atoms with E-state index in [1.54, 1.807) is 27.8 Å². The second kappa shape index (κ2) is 30.3. The fourth-order valence-electron chi connectivity index (χ4n) is 17.6. The summed E-state index contributed by atoms with van der Waals surface area (Å²) in [6.07, 6.45) is 41.4. The van der Waals surface area contributed by atoms with Gasteiger partial charge in [-0.2, -0.15) is 0 Å². The molecule has 1 unspecified atom stereocenters. The van der Waals surface area contributed by atoms with Gasteiger partial charge in [0.15, 0.2) is 0 Å². The number of unbranched alkanes of at least 4 members (excludes halogenated alkanes) is 18. The van der Waals surface area contributed by atoms with Crippen molar-refractivity contribution in [2.24, 2.45) is 11.8 Å². The van der Waals surface area contributed by atoms with E-state index in [2.05, 4.69) is 190 Å². The van der Waals surface area contributed by atoms with Crippen LogP contribution in [0.15, 0.2) is 132 Å². The van der Waals surface area contributed by atoms with Gasteiger partial charge in [0.2, 0.25) is 0 Å². The van der Waals surface area contributed by atoms with Gasteiger partial charge in [-0.3, -0.25) is 0 Å². The number of rotatable bonds is 36. The Morgan fingerprint density at radius 3 is 0.922 bits per heavy atom. The van der Waals surface area contributed by atoms with Gasteiger partial charge < -0.3 is 9.15 Å². The van der Waals surface area contributed by atoms with Crippen LogP contribution in [0.4, 0.5) is 0 Å². The van der Waals surface area contributed by atoms with E-state index in [9.17, 15) is 0 Å². The van der Waals surface area contributed by atoms with Crippen molar-refractivity contribution in [2.45, 2.75) is 278 Å². The lowest BCUT2D eigenvalue weighted by Crippen LogP contribution is -2.26. The number of aryl methyl sites for hydroxylation is 1. The quantitative estimate of drug-likeness (QED) is 0.0365. The molecule has 478 valence electrons. The minimum Gasteiger partial charge on any atom is -0.493 e. The number of ether oxygens (including phenoxy) is 1. The summed E-state index contributed by atoms with van der Waals surface area (Å²) in [6.45, 7) is 21.8. The third kappa shape index (κ3) is 13.5. The largest absolute Gasteiger partial charge is 0.493 e. The first kappa shape index (κ1) is 65.6. The molecule has 2 heterocycles. The molecular weight excluding hydrogens is 1090 g/mol. The molecule has 1 aliphatic heterocycles. The first-order chi connectivity index (χ1) is 44.0. The fourth-order valence-corrected chi connectivity index (χ4v) is 17.6. The van der Waals surface area contributed by atoms with Crippen molar-refractivity contribution in [1.29, 1.82) is 0 Å².